The number of benzene rings is 8. The number of aryl methyl sites for hydroxylation is 7. The molecule has 0 saturated carbocycles. The summed E-state index contributed by atoms with van der Waals surface area (Å²) in [4.78, 5) is 0. The predicted molar refractivity (Wildman–Crippen MR) is 281 cm³/mol. The fourth-order valence-electron chi connectivity index (χ4n) is 9.81. The molecule has 12 rings (SSSR count). The van der Waals surface area contributed by atoms with Gasteiger partial charge in [0.25, 0.3) is 0 Å². The summed E-state index contributed by atoms with van der Waals surface area (Å²) < 4.78 is 9.94. The molecule has 12 aromatic rings. The van der Waals surface area contributed by atoms with E-state index in [4.69, 9.17) is 0 Å². The molecule has 8 aromatic carbocycles. The van der Waals surface area contributed by atoms with Gasteiger partial charge in [0.05, 0.1) is 11.1 Å². The van der Waals surface area contributed by atoms with E-state index in [9.17, 15) is 0 Å². The number of fused-ring (bicyclic) bond motifs is 10. The Morgan fingerprint density at radius 3 is 1.28 bits per heavy atom. The van der Waals surface area contributed by atoms with E-state index in [0.29, 0.717) is 0 Å². The van der Waals surface area contributed by atoms with Crippen LogP contribution in [0.2, 0.25) is 0 Å². The van der Waals surface area contributed by atoms with Crippen LogP contribution in [0.4, 0.5) is 0 Å². The maximum absolute atomic E-state index is 2.33. The monoisotopic (exact) mass is 874 g/mol. The van der Waals surface area contributed by atoms with E-state index in [-0.39, 0.29) is 0 Å². The van der Waals surface area contributed by atoms with Crippen LogP contribution in [0.15, 0.2) is 176 Å². The van der Waals surface area contributed by atoms with Crippen LogP contribution in [0.25, 0.3) is 107 Å². The van der Waals surface area contributed by atoms with E-state index in [1.165, 1.54) is 134 Å². The Hall–Kier alpha value is -6.98. The molecule has 0 unspecified atom stereocenters. The zero-order valence-corrected chi connectivity index (χ0v) is 39.6. The van der Waals surface area contributed by atoms with Gasteiger partial charge in [-0.25, -0.2) is 0 Å². The number of hydrogen-bond donors (Lipinski definition) is 0. The van der Waals surface area contributed by atoms with Crippen molar-refractivity contribution in [3.8, 4) is 44.8 Å². The van der Waals surface area contributed by atoms with Gasteiger partial charge >= 0.3 is 0 Å². The standard InChI is InChI=1S/C31H26NS.C30H24NS/c1-19-5-8-22(9-6-19)23-10-13-26-24(18-23)11-14-28-29(26)27-15-16-32(4)30(31(27)33-28)25-12-7-20(2)17-21(25)3;1-19-8-10-21(11-9-19)22-12-14-25-23(18-22)13-15-27-28(25)26-16-17-31(3)29(30(26)32-27)24-7-5-4-6-20(24)2/h5-18H,1-4H3;4-18H,1-3H3/q2*+1. The highest BCUT2D eigenvalue weighted by atomic mass is 32.1. The predicted octanol–water partition coefficient (Wildman–Crippen LogP) is 16.3. The molecule has 0 fully saturated rings. The molecular weight excluding hydrogens is 825 g/mol. The van der Waals surface area contributed by atoms with Gasteiger partial charge in [-0.05, 0) is 126 Å². The van der Waals surface area contributed by atoms with E-state index in [1.807, 2.05) is 22.7 Å². The minimum Gasteiger partial charge on any atom is -0.200 e. The number of rotatable bonds is 4. The van der Waals surface area contributed by atoms with Crippen molar-refractivity contribution in [1.29, 1.82) is 0 Å². The number of aromatic nitrogens is 2. The highest BCUT2D eigenvalue weighted by molar-refractivity contribution is 7.27. The van der Waals surface area contributed by atoms with Gasteiger partial charge in [0.1, 0.15) is 23.5 Å². The minimum atomic E-state index is 1.27. The molecule has 0 aliphatic rings. The van der Waals surface area contributed by atoms with Crippen LogP contribution in [-0.4, -0.2) is 0 Å². The molecule has 4 heterocycles. The van der Waals surface area contributed by atoms with Gasteiger partial charge in [0, 0.05) is 43.1 Å². The maximum Gasteiger partial charge on any atom is 0.230 e. The lowest BCUT2D eigenvalue weighted by atomic mass is 9.97. The normalized spacial score (nSPS) is 11.6. The van der Waals surface area contributed by atoms with Crippen molar-refractivity contribution in [1.82, 2.24) is 0 Å². The van der Waals surface area contributed by atoms with Crippen molar-refractivity contribution < 1.29 is 9.13 Å². The molecule has 0 atom stereocenters. The van der Waals surface area contributed by atoms with Crippen molar-refractivity contribution in [2.45, 2.75) is 34.6 Å². The molecule has 314 valence electrons. The van der Waals surface area contributed by atoms with Gasteiger partial charge in [-0.15, -0.1) is 22.7 Å². The van der Waals surface area contributed by atoms with Gasteiger partial charge in [-0.1, -0.05) is 132 Å². The second-order valence-corrected chi connectivity index (χ2v) is 20.0. The van der Waals surface area contributed by atoms with Crippen LogP contribution in [0.1, 0.15) is 27.8 Å². The molecule has 0 saturated heterocycles. The topological polar surface area (TPSA) is 7.76 Å². The lowest BCUT2D eigenvalue weighted by Crippen LogP contribution is -2.30. The first kappa shape index (κ1) is 40.8. The average molecular weight is 875 g/mol. The summed E-state index contributed by atoms with van der Waals surface area (Å²) in [7, 11) is 4.31. The van der Waals surface area contributed by atoms with Gasteiger partial charge in [-0.3, -0.25) is 0 Å². The molecule has 0 spiro atoms. The lowest BCUT2D eigenvalue weighted by molar-refractivity contribution is -0.659. The molecular formula is C61H50N2S2+2. The van der Waals surface area contributed by atoms with Crippen molar-refractivity contribution >= 4 is 84.6 Å². The SMILES string of the molecule is Cc1ccc(-c2ccc3c(ccc4sc5c(-c6ccc(C)cc6C)[n+](C)ccc5c43)c2)cc1.Cc1ccc(-c2ccc3c(ccc4sc5c(-c6ccccc6C)[n+](C)ccc5c43)c2)cc1. The van der Waals surface area contributed by atoms with Crippen LogP contribution < -0.4 is 9.13 Å². The Morgan fingerprint density at radius 2 is 0.800 bits per heavy atom. The number of thiophene rings is 2. The lowest BCUT2D eigenvalue weighted by Gasteiger charge is -2.07. The third-order valence-electron chi connectivity index (χ3n) is 13.3. The summed E-state index contributed by atoms with van der Waals surface area (Å²) in [5, 5.41) is 10.7. The van der Waals surface area contributed by atoms with E-state index >= 15 is 0 Å². The third kappa shape index (κ3) is 7.18. The summed E-state index contributed by atoms with van der Waals surface area (Å²) in [6, 6.07) is 60.6. The van der Waals surface area contributed by atoms with Gasteiger partial charge in [0.2, 0.25) is 11.4 Å². The Kier molecular flexibility index (Phi) is 10.2. The van der Waals surface area contributed by atoms with E-state index in [2.05, 4.69) is 234 Å². The number of nitrogens with zero attached hydrogens (tertiary/aromatic N) is 2. The van der Waals surface area contributed by atoms with E-state index in [0.717, 1.165) is 0 Å². The molecule has 0 aliphatic carbocycles. The largest absolute Gasteiger partial charge is 0.230 e. The maximum atomic E-state index is 2.33. The average Bonchev–Trinajstić information content (AvgIpc) is 3.89. The van der Waals surface area contributed by atoms with Crippen LogP contribution in [0.3, 0.4) is 0 Å². The quantitative estimate of drug-likeness (QED) is 0.156. The highest BCUT2D eigenvalue weighted by Gasteiger charge is 2.23. The zero-order chi connectivity index (χ0) is 44.5. The molecule has 2 nitrogen and oxygen atoms in total. The fourth-order valence-corrected chi connectivity index (χ4v) is 12.4. The Balaban J connectivity index is 0.000000144. The summed E-state index contributed by atoms with van der Waals surface area (Å²) in [5.41, 5.74) is 16.8. The zero-order valence-electron chi connectivity index (χ0n) is 38.0. The summed E-state index contributed by atoms with van der Waals surface area (Å²) in [5.74, 6) is 0. The van der Waals surface area contributed by atoms with Crippen molar-refractivity contribution in [2.75, 3.05) is 0 Å². The summed E-state index contributed by atoms with van der Waals surface area (Å²) >= 11 is 3.81. The first-order valence-corrected chi connectivity index (χ1v) is 24.1. The second kappa shape index (κ2) is 16.2. The van der Waals surface area contributed by atoms with Gasteiger partial charge < -0.3 is 0 Å². The molecule has 0 bridgehead atoms. The Bertz CT molecular complexity index is 3830. The van der Waals surface area contributed by atoms with Crippen molar-refractivity contribution in [2.24, 2.45) is 14.1 Å². The smallest absolute Gasteiger partial charge is 0.200 e. The Labute approximate surface area is 389 Å². The first-order chi connectivity index (χ1) is 31.6. The van der Waals surface area contributed by atoms with Gasteiger partial charge in [-0.2, -0.15) is 9.13 Å². The second-order valence-electron chi connectivity index (χ2n) is 17.9. The molecule has 0 radical (unpaired) electrons. The molecule has 65 heavy (non-hydrogen) atoms. The molecule has 4 aromatic heterocycles. The summed E-state index contributed by atoms with van der Waals surface area (Å²) in [6.07, 6.45) is 4.42. The first-order valence-electron chi connectivity index (χ1n) is 22.4. The van der Waals surface area contributed by atoms with E-state index in [1.54, 1.807) is 0 Å². The third-order valence-corrected chi connectivity index (χ3v) is 15.6. The highest BCUT2D eigenvalue weighted by Crippen LogP contribution is 2.44. The van der Waals surface area contributed by atoms with Crippen molar-refractivity contribution in [3.63, 3.8) is 0 Å². The molecule has 4 heteroatoms. The fraction of sp³-hybridized carbons (Fsp3) is 0.115. The molecule has 0 aliphatic heterocycles. The van der Waals surface area contributed by atoms with Crippen LogP contribution in [0.5, 0.6) is 0 Å². The number of pyridine rings is 2. The van der Waals surface area contributed by atoms with Crippen LogP contribution >= 0.6 is 22.7 Å². The van der Waals surface area contributed by atoms with Gasteiger partial charge in [0.15, 0.2) is 12.4 Å². The number of hydrogen-bond acceptors (Lipinski definition) is 2. The van der Waals surface area contributed by atoms with E-state index < -0.39 is 0 Å². The van der Waals surface area contributed by atoms with Crippen LogP contribution in [-0.2, 0) is 14.1 Å². The minimum absolute atomic E-state index is 1.27. The summed E-state index contributed by atoms with van der Waals surface area (Å²) in [6.45, 7) is 10.8. The molecule has 0 N–H and O–H groups in total. The van der Waals surface area contributed by atoms with Crippen LogP contribution in [0, 0.1) is 34.6 Å². The van der Waals surface area contributed by atoms with Crippen molar-refractivity contribution in [3.05, 3.63) is 204 Å². The molecule has 0 amide bonds. The Morgan fingerprint density at radius 1 is 0.354 bits per heavy atom.